The van der Waals surface area contributed by atoms with Crippen molar-refractivity contribution in [3.05, 3.63) is 35.4 Å². The summed E-state index contributed by atoms with van der Waals surface area (Å²) in [6, 6.07) is 3.83. The monoisotopic (exact) mass is 333 g/mol. The fraction of sp³-hybridized carbons (Fsp3) is 0.556. The molecule has 2 heterocycles. The topological polar surface area (TPSA) is 71.4 Å². The van der Waals surface area contributed by atoms with Gasteiger partial charge in [-0.15, -0.1) is 0 Å². The number of aliphatic hydroxyl groups is 2. The van der Waals surface area contributed by atoms with Crippen LogP contribution in [0.15, 0.2) is 24.3 Å². The molecule has 2 aliphatic heterocycles. The molecule has 1 aromatic carbocycles. The third kappa shape index (κ3) is 2.10. The number of benzene rings is 1. The summed E-state index contributed by atoms with van der Waals surface area (Å²) in [6.45, 7) is 0.646. The first kappa shape index (κ1) is 15.9. The summed E-state index contributed by atoms with van der Waals surface area (Å²) < 4.78 is 16.5. The summed E-state index contributed by atoms with van der Waals surface area (Å²) in [5.74, 6) is 1.31. The number of methoxy groups -OCH3 is 1. The molecule has 6 nitrogen and oxygen atoms in total. The van der Waals surface area contributed by atoms with Gasteiger partial charge in [0.15, 0.2) is 11.5 Å². The average Bonchev–Trinajstić information content (AvgIpc) is 3.16. The van der Waals surface area contributed by atoms with Gasteiger partial charge in [0.05, 0.1) is 24.2 Å². The molecular formula is C18H23NO5. The Hall–Kier alpha value is -1.60. The summed E-state index contributed by atoms with van der Waals surface area (Å²) in [5, 5.41) is 20.8. The minimum absolute atomic E-state index is 0.0301. The molecule has 24 heavy (non-hydrogen) atoms. The van der Waals surface area contributed by atoms with Gasteiger partial charge in [-0.1, -0.05) is 12.2 Å². The van der Waals surface area contributed by atoms with Gasteiger partial charge in [-0.2, -0.15) is 0 Å². The van der Waals surface area contributed by atoms with Gasteiger partial charge in [0.1, 0.15) is 0 Å². The molecule has 0 saturated carbocycles. The van der Waals surface area contributed by atoms with Crippen molar-refractivity contribution in [3.63, 3.8) is 0 Å². The van der Waals surface area contributed by atoms with E-state index >= 15 is 0 Å². The van der Waals surface area contributed by atoms with Crippen molar-refractivity contribution in [2.24, 2.45) is 0 Å². The van der Waals surface area contributed by atoms with Crippen LogP contribution in [0.1, 0.15) is 17.5 Å². The van der Waals surface area contributed by atoms with Gasteiger partial charge >= 0.3 is 0 Å². The number of rotatable bonds is 3. The van der Waals surface area contributed by atoms with Gasteiger partial charge in [-0.05, 0) is 36.7 Å². The zero-order valence-electron chi connectivity index (χ0n) is 13.9. The van der Waals surface area contributed by atoms with E-state index in [-0.39, 0.29) is 25.5 Å². The van der Waals surface area contributed by atoms with E-state index in [0.29, 0.717) is 18.0 Å². The van der Waals surface area contributed by atoms with Crippen LogP contribution < -0.4 is 9.47 Å². The second-order valence-electron chi connectivity index (χ2n) is 6.79. The number of likely N-dealkylation sites (N-methyl/N-ethyl adjacent to an activating group) is 1. The number of fused-ring (bicyclic) bond motifs is 2. The molecule has 0 bridgehead atoms. The minimum atomic E-state index is -0.581. The molecule has 6 heteroatoms. The zero-order chi connectivity index (χ0) is 16.9. The average molecular weight is 333 g/mol. The van der Waals surface area contributed by atoms with Crippen molar-refractivity contribution in [3.8, 4) is 11.5 Å². The first-order chi connectivity index (χ1) is 11.6. The summed E-state index contributed by atoms with van der Waals surface area (Å²) in [7, 11) is 3.72. The number of ether oxygens (including phenoxy) is 3. The van der Waals surface area contributed by atoms with Crippen molar-refractivity contribution < 1.29 is 24.4 Å². The van der Waals surface area contributed by atoms with E-state index in [9.17, 15) is 10.2 Å². The molecule has 1 aromatic rings. The van der Waals surface area contributed by atoms with Crippen LogP contribution >= 0.6 is 0 Å². The highest BCUT2D eigenvalue weighted by atomic mass is 16.7. The van der Waals surface area contributed by atoms with Crippen LogP contribution in [0.3, 0.4) is 0 Å². The Morgan fingerprint density at radius 2 is 2.08 bits per heavy atom. The van der Waals surface area contributed by atoms with E-state index in [1.807, 2.05) is 25.3 Å². The Morgan fingerprint density at radius 1 is 1.33 bits per heavy atom. The van der Waals surface area contributed by atoms with E-state index in [4.69, 9.17) is 14.2 Å². The van der Waals surface area contributed by atoms with Gasteiger partial charge in [-0.25, -0.2) is 0 Å². The quantitative estimate of drug-likeness (QED) is 0.797. The lowest BCUT2D eigenvalue weighted by Gasteiger charge is -2.42. The van der Waals surface area contributed by atoms with Crippen LogP contribution in [-0.4, -0.2) is 60.9 Å². The molecule has 0 aromatic heterocycles. The van der Waals surface area contributed by atoms with E-state index in [1.54, 1.807) is 7.11 Å². The molecule has 0 spiro atoms. The summed E-state index contributed by atoms with van der Waals surface area (Å²) in [6.07, 6.45) is 4.33. The highest BCUT2D eigenvalue weighted by Crippen LogP contribution is 2.49. The minimum Gasteiger partial charge on any atom is -0.454 e. The maximum atomic E-state index is 10.9. The van der Waals surface area contributed by atoms with Crippen LogP contribution in [0.2, 0.25) is 0 Å². The van der Waals surface area contributed by atoms with Gasteiger partial charge in [0.2, 0.25) is 6.79 Å². The molecule has 130 valence electrons. The Bertz CT molecular complexity index is 676. The summed E-state index contributed by atoms with van der Waals surface area (Å²) in [4.78, 5) is 2.17. The number of β-amino-alcohol motifs (C(OH)–C–C–N with tert-alkyl or cyclic N) is 1. The van der Waals surface area contributed by atoms with Crippen LogP contribution in [0, 0.1) is 0 Å². The smallest absolute Gasteiger partial charge is 0.231 e. The van der Waals surface area contributed by atoms with Crippen LogP contribution in [0.25, 0.3) is 0 Å². The Balaban J connectivity index is 1.89. The fourth-order valence-electron chi connectivity index (χ4n) is 4.44. The molecule has 4 rings (SSSR count). The van der Waals surface area contributed by atoms with Crippen molar-refractivity contribution in [2.75, 3.05) is 27.5 Å². The number of nitrogens with zero attached hydrogens (tertiary/aromatic N) is 1. The number of likely N-dealkylation sites (tertiary alicyclic amines) is 1. The van der Waals surface area contributed by atoms with Crippen molar-refractivity contribution in [2.45, 2.75) is 36.7 Å². The van der Waals surface area contributed by atoms with Crippen LogP contribution in [0.4, 0.5) is 0 Å². The number of hydrogen-bond acceptors (Lipinski definition) is 6. The highest BCUT2D eigenvalue weighted by Gasteiger charge is 2.55. The molecular weight excluding hydrogens is 310 g/mol. The second-order valence-corrected chi connectivity index (χ2v) is 6.79. The Labute approximate surface area is 141 Å². The lowest BCUT2D eigenvalue weighted by Crippen LogP contribution is -2.49. The predicted octanol–water partition coefficient (Wildman–Crippen LogP) is 0.795. The normalized spacial score (nSPS) is 34.6. The Morgan fingerprint density at radius 3 is 2.79 bits per heavy atom. The second kappa shape index (κ2) is 5.74. The van der Waals surface area contributed by atoms with Crippen molar-refractivity contribution in [1.82, 2.24) is 4.90 Å². The van der Waals surface area contributed by atoms with Crippen LogP contribution in [0.5, 0.6) is 11.5 Å². The van der Waals surface area contributed by atoms with Crippen molar-refractivity contribution >= 4 is 0 Å². The SMILES string of the molecule is CO[C@@H]1C=C[C@]2(c3cc4c(cc3CO)OCO4)C(C1)N(C)C[C@@H]2O. The molecule has 4 atom stereocenters. The molecule has 1 fully saturated rings. The van der Waals surface area contributed by atoms with Gasteiger partial charge < -0.3 is 24.4 Å². The fourth-order valence-corrected chi connectivity index (χ4v) is 4.44. The lowest BCUT2D eigenvalue weighted by atomic mass is 9.66. The zero-order valence-corrected chi connectivity index (χ0v) is 13.9. The third-order valence-corrected chi connectivity index (χ3v) is 5.68. The van der Waals surface area contributed by atoms with E-state index in [1.165, 1.54) is 0 Å². The first-order valence-corrected chi connectivity index (χ1v) is 8.24. The highest BCUT2D eigenvalue weighted by molar-refractivity contribution is 5.54. The molecule has 1 unspecified atom stereocenters. The molecule has 0 amide bonds. The van der Waals surface area contributed by atoms with Gasteiger partial charge in [0, 0.05) is 19.7 Å². The van der Waals surface area contributed by atoms with E-state index in [2.05, 4.69) is 11.0 Å². The standard InChI is InChI=1S/C18H23NO5/c1-19-8-17(21)18(4-3-12(22-2)6-16(18)19)13-7-15-14(23-10-24-15)5-11(13)9-20/h3-5,7,12,16-17,20-21H,6,8-10H2,1-2H3/t12-,16?,17+,18+/m1/s1. The molecule has 1 aliphatic carbocycles. The van der Waals surface area contributed by atoms with Crippen LogP contribution in [-0.2, 0) is 16.8 Å². The molecule has 1 saturated heterocycles. The van der Waals surface area contributed by atoms with Gasteiger partial charge in [-0.3, -0.25) is 4.90 Å². The number of aliphatic hydroxyl groups excluding tert-OH is 2. The third-order valence-electron chi connectivity index (χ3n) is 5.68. The Kier molecular flexibility index (Phi) is 3.80. The maximum Gasteiger partial charge on any atom is 0.231 e. The summed E-state index contributed by atoms with van der Waals surface area (Å²) >= 11 is 0. The van der Waals surface area contributed by atoms with E-state index < -0.39 is 11.5 Å². The lowest BCUT2D eigenvalue weighted by molar-refractivity contribution is 0.0771. The molecule has 2 N–H and O–H groups in total. The van der Waals surface area contributed by atoms with E-state index in [0.717, 1.165) is 17.5 Å². The summed E-state index contributed by atoms with van der Waals surface area (Å²) in [5.41, 5.74) is 1.09. The predicted molar refractivity (Wildman–Crippen MR) is 87.1 cm³/mol. The maximum absolute atomic E-state index is 10.9. The van der Waals surface area contributed by atoms with Gasteiger partial charge in [0.25, 0.3) is 0 Å². The molecule has 0 radical (unpaired) electrons. The first-order valence-electron chi connectivity index (χ1n) is 8.24. The largest absolute Gasteiger partial charge is 0.454 e. The molecule has 3 aliphatic rings. The number of hydrogen-bond donors (Lipinski definition) is 2. The van der Waals surface area contributed by atoms with Crippen molar-refractivity contribution in [1.29, 1.82) is 0 Å².